The molecule has 0 saturated carbocycles. The van der Waals surface area contributed by atoms with E-state index in [-0.39, 0.29) is 31.1 Å². The molecule has 1 atom stereocenters. The van der Waals surface area contributed by atoms with Crippen LogP contribution in [0.1, 0.15) is 335 Å². The summed E-state index contributed by atoms with van der Waals surface area (Å²) < 4.78 is 17.0. The molecule has 0 aromatic heterocycles. The van der Waals surface area contributed by atoms with Crippen molar-refractivity contribution in [1.82, 2.24) is 0 Å². The maximum atomic E-state index is 12.9. The van der Waals surface area contributed by atoms with Gasteiger partial charge in [0.15, 0.2) is 6.10 Å². The molecule has 0 spiro atoms. The summed E-state index contributed by atoms with van der Waals surface area (Å²) in [6.45, 7) is 6.45. The summed E-state index contributed by atoms with van der Waals surface area (Å²) in [4.78, 5) is 38.4. The van der Waals surface area contributed by atoms with E-state index in [2.05, 4.69) is 118 Å². The van der Waals surface area contributed by atoms with Crippen LogP contribution in [-0.2, 0) is 28.6 Å². The molecule has 0 heterocycles. The molecule has 0 saturated heterocycles. The molecule has 80 heavy (non-hydrogen) atoms. The van der Waals surface area contributed by atoms with Crippen LogP contribution in [-0.4, -0.2) is 37.2 Å². The Morgan fingerprint density at radius 3 is 0.762 bits per heavy atom. The van der Waals surface area contributed by atoms with Crippen LogP contribution in [0.25, 0.3) is 0 Å². The van der Waals surface area contributed by atoms with E-state index in [1.54, 1.807) is 0 Å². The molecule has 0 fully saturated rings. The quantitative estimate of drug-likeness (QED) is 0.0261. The van der Waals surface area contributed by atoms with Crippen molar-refractivity contribution in [1.29, 1.82) is 0 Å². The van der Waals surface area contributed by atoms with Gasteiger partial charge in [0.05, 0.1) is 0 Å². The standard InChI is InChI=1S/C74H128O6/c1-4-7-10-13-16-19-22-25-28-31-32-33-34-35-36-37-38-39-40-41-42-44-46-49-52-55-58-61-64-67-73(76)79-70-71(69-78-72(75)66-63-60-57-54-51-48-45-30-27-24-21-18-15-12-9-6-3)80-74(77)68-65-62-59-56-53-50-47-43-29-26-23-20-17-14-11-8-5-2/h7-8,10-11,16-17,19-20,25-26,28-29,32-33,35-36,71H,4-6,9,12-15,18,21-24,27,30-31,34,37-70H2,1-3H3/b10-7-,11-8-,19-16-,20-17-,28-25-,29-26-,33-32-,36-35-. The van der Waals surface area contributed by atoms with Crippen molar-refractivity contribution >= 4 is 17.9 Å². The molecule has 0 bridgehead atoms. The van der Waals surface area contributed by atoms with Crippen molar-refractivity contribution in [2.75, 3.05) is 13.2 Å². The Balaban J connectivity index is 4.28. The Morgan fingerprint density at radius 2 is 0.487 bits per heavy atom. The summed E-state index contributed by atoms with van der Waals surface area (Å²) in [6.07, 6.45) is 91.4. The summed E-state index contributed by atoms with van der Waals surface area (Å²) in [5.74, 6) is -0.872. The zero-order valence-electron chi connectivity index (χ0n) is 52.8. The van der Waals surface area contributed by atoms with Crippen molar-refractivity contribution in [2.45, 2.75) is 341 Å². The monoisotopic (exact) mass is 1110 g/mol. The molecule has 0 rings (SSSR count). The Kier molecular flexibility index (Phi) is 64.7. The van der Waals surface area contributed by atoms with Crippen molar-refractivity contribution in [3.8, 4) is 0 Å². The maximum Gasteiger partial charge on any atom is 0.306 e. The van der Waals surface area contributed by atoms with Crippen molar-refractivity contribution in [2.24, 2.45) is 0 Å². The first kappa shape index (κ1) is 76.3. The fourth-order valence-corrected chi connectivity index (χ4v) is 9.78. The lowest BCUT2D eigenvalue weighted by molar-refractivity contribution is -0.167. The topological polar surface area (TPSA) is 78.9 Å². The Morgan fingerprint density at radius 1 is 0.263 bits per heavy atom. The minimum Gasteiger partial charge on any atom is -0.462 e. The second-order valence-electron chi connectivity index (χ2n) is 22.7. The molecule has 0 radical (unpaired) electrons. The minimum atomic E-state index is -0.783. The van der Waals surface area contributed by atoms with E-state index in [9.17, 15) is 14.4 Å². The van der Waals surface area contributed by atoms with Crippen LogP contribution in [0.4, 0.5) is 0 Å². The molecule has 0 amide bonds. The summed E-state index contributed by atoms with van der Waals surface area (Å²) in [5, 5.41) is 0. The summed E-state index contributed by atoms with van der Waals surface area (Å²) in [7, 11) is 0. The molecule has 0 aliphatic rings. The van der Waals surface area contributed by atoms with Gasteiger partial charge >= 0.3 is 17.9 Å². The van der Waals surface area contributed by atoms with Crippen molar-refractivity contribution in [3.05, 3.63) is 97.2 Å². The molecule has 1 unspecified atom stereocenters. The third-order valence-corrected chi connectivity index (χ3v) is 14.8. The zero-order valence-corrected chi connectivity index (χ0v) is 52.8. The van der Waals surface area contributed by atoms with Gasteiger partial charge in [0.1, 0.15) is 13.2 Å². The third kappa shape index (κ3) is 65.1. The molecule has 0 aromatic carbocycles. The van der Waals surface area contributed by atoms with E-state index < -0.39 is 6.10 Å². The molecule has 0 aromatic rings. The second-order valence-corrected chi connectivity index (χ2v) is 22.7. The van der Waals surface area contributed by atoms with E-state index in [0.717, 1.165) is 116 Å². The summed E-state index contributed by atoms with van der Waals surface area (Å²) in [5.41, 5.74) is 0. The number of rotatable bonds is 62. The number of esters is 3. The molecular formula is C74H128O6. The van der Waals surface area contributed by atoms with E-state index in [4.69, 9.17) is 14.2 Å². The Labute approximate surface area is 496 Å². The van der Waals surface area contributed by atoms with Gasteiger partial charge in [-0.15, -0.1) is 0 Å². The smallest absolute Gasteiger partial charge is 0.306 e. The number of allylic oxidation sites excluding steroid dienone is 16. The number of hydrogen-bond donors (Lipinski definition) is 0. The number of hydrogen-bond acceptors (Lipinski definition) is 6. The number of carbonyl (C=O) groups excluding carboxylic acids is 3. The predicted molar refractivity (Wildman–Crippen MR) is 348 cm³/mol. The average molecular weight is 1110 g/mol. The highest BCUT2D eigenvalue weighted by molar-refractivity contribution is 5.71. The lowest BCUT2D eigenvalue weighted by atomic mass is 10.0. The van der Waals surface area contributed by atoms with E-state index in [0.29, 0.717) is 19.3 Å². The summed E-state index contributed by atoms with van der Waals surface area (Å²) in [6, 6.07) is 0. The average Bonchev–Trinajstić information content (AvgIpc) is 3.46. The molecule has 0 aliphatic heterocycles. The number of ether oxygens (including phenoxy) is 3. The highest BCUT2D eigenvalue weighted by atomic mass is 16.6. The van der Waals surface area contributed by atoms with Gasteiger partial charge in [-0.25, -0.2) is 0 Å². The van der Waals surface area contributed by atoms with Crippen LogP contribution in [0.2, 0.25) is 0 Å². The predicted octanol–water partition coefficient (Wildman–Crippen LogP) is 23.6. The molecule has 0 N–H and O–H groups in total. The van der Waals surface area contributed by atoms with E-state index in [1.165, 1.54) is 180 Å². The van der Waals surface area contributed by atoms with Crippen molar-refractivity contribution < 1.29 is 28.6 Å². The number of unbranched alkanes of at least 4 members (excludes halogenated alkanes) is 35. The largest absolute Gasteiger partial charge is 0.462 e. The first-order chi connectivity index (χ1) is 39.5. The first-order valence-corrected chi connectivity index (χ1v) is 34.2. The minimum absolute atomic E-state index is 0.0777. The van der Waals surface area contributed by atoms with E-state index in [1.807, 2.05) is 0 Å². The van der Waals surface area contributed by atoms with Crippen LogP contribution in [0, 0.1) is 0 Å². The lowest BCUT2D eigenvalue weighted by Gasteiger charge is -2.18. The van der Waals surface area contributed by atoms with Gasteiger partial charge in [0, 0.05) is 19.3 Å². The molecule has 460 valence electrons. The van der Waals surface area contributed by atoms with Gasteiger partial charge in [0.2, 0.25) is 0 Å². The van der Waals surface area contributed by atoms with Crippen LogP contribution in [0.3, 0.4) is 0 Å². The Bertz CT molecular complexity index is 1560. The molecule has 6 nitrogen and oxygen atoms in total. The molecular weight excluding hydrogens is 985 g/mol. The molecule has 0 aliphatic carbocycles. The fourth-order valence-electron chi connectivity index (χ4n) is 9.78. The first-order valence-electron chi connectivity index (χ1n) is 34.2. The highest BCUT2D eigenvalue weighted by Crippen LogP contribution is 2.17. The normalized spacial score (nSPS) is 12.7. The second kappa shape index (κ2) is 67.8. The van der Waals surface area contributed by atoms with Gasteiger partial charge in [-0.2, -0.15) is 0 Å². The number of carbonyl (C=O) groups is 3. The van der Waals surface area contributed by atoms with Crippen LogP contribution in [0.5, 0.6) is 0 Å². The highest BCUT2D eigenvalue weighted by Gasteiger charge is 2.19. The zero-order chi connectivity index (χ0) is 57.8. The van der Waals surface area contributed by atoms with E-state index >= 15 is 0 Å². The maximum absolute atomic E-state index is 12.9. The molecule has 6 heteroatoms. The SMILES string of the molecule is CC/C=C\C/C=C\C/C=C\C/C=C\C/C=C\CCCCCCCCCCCCCCCC(=O)OCC(COC(=O)CCCCCCCCCCCCCCCCCC)OC(=O)CCCCCCCCC/C=C\C/C=C\C/C=C\CC. The van der Waals surface area contributed by atoms with Crippen LogP contribution < -0.4 is 0 Å². The van der Waals surface area contributed by atoms with Crippen LogP contribution in [0.15, 0.2) is 97.2 Å². The lowest BCUT2D eigenvalue weighted by Crippen LogP contribution is -2.30. The fraction of sp³-hybridized carbons (Fsp3) is 0.743. The Hall–Kier alpha value is -3.67. The van der Waals surface area contributed by atoms with Gasteiger partial charge in [-0.3, -0.25) is 14.4 Å². The van der Waals surface area contributed by atoms with Crippen LogP contribution >= 0.6 is 0 Å². The third-order valence-electron chi connectivity index (χ3n) is 14.8. The van der Waals surface area contributed by atoms with Gasteiger partial charge in [0.25, 0.3) is 0 Å². The van der Waals surface area contributed by atoms with Crippen molar-refractivity contribution in [3.63, 3.8) is 0 Å². The van der Waals surface area contributed by atoms with Gasteiger partial charge < -0.3 is 14.2 Å². The van der Waals surface area contributed by atoms with Gasteiger partial charge in [-0.05, 0) is 96.3 Å². The van der Waals surface area contributed by atoms with Gasteiger partial charge in [-0.1, -0.05) is 317 Å². The summed E-state index contributed by atoms with van der Waals surface area (Å²) >= 11 is 0.